The molecule has 0 aliphatic carbocycles. The molecule has 5 nitrogen and oxygen atoms in total. The van der Waals surface area contributed by atoms with E-state index in [0.29, 0.717) is 6.61 Å². The number of rotatable bonds is 8. The molecule has 0 fully saturated rings. The highest BCUT2D eigenvalue weighted by atomic mass is 16.7. The fourth-order valence-electron chi connectivity index (χ4n) is 1.36. The lowest BCUT2D eigenvalue weighted by Gasteiger charge is -2.38. The van der Waals surface area contributed by atoms with Crippen molar-refractivity contribution in [2.24, 2.45) is 0 Å². The molecule has 5 heteroatoms. The lowest BCUT2D eigenvalue weighted by atomic mass is 10.1. The second kappa shape index (κ2) is 7.19. The van der Waals surface area contributed by atoms with Crippen LogP contribution in [0.3, 0.4) is 0 Å². The summed E-state index contributed by atoms with van der Waals surface area (Å²) in [6, 6.07) is 0. The Hall–Kier alpha value is -0.200. The van der Waals surface area contributed by atoms with Crippen molar-refractivity contribution in [3.63, 3.8) is 0 Å². The van der Waals surface area contributed by atoms with Gasteiger partial charge in [-0.25, -0.2) is 0 Å². The third-order valence-electron chi connectivity index (χ3n) is 1.80. The van der Waals surface area contributed by atoms with Crippen LogP contribution in [-0.4, -0.2) is 50.1 Å². The van der Waals surface area contributed by atoms with Crippen LogP contribution in [0.1, 0.15) is 27.7 Å². The van der Waals surface area contributed by atoms with E-state index in [1.807, 2.05) is 27.7 Å². The topological polar surface area (TPSA) is 60.0 Å². The Labute approximate surface area is 98.1 Å². The molecule has 0 aromatic rings. The second-order valence-electron chi connectivity index (χ2n) is 4.54. The van der Waals surface area contributed by atoms with E-state index in [0.717, 1.165) is 0 Å². The summed E-state index contributed by atoms with van der Waals surface area (Å²) < 4.78 is 16.2. The Balaban J connectivity index is 4.44. The summed E-state index contributed by atoms with van der Waals surface area (Å²) in [5.74, 6) is -0.956. The minimum absolute atomic E-state index is 0.0125. The first-order chi connectivity index (χ1) is 7.39. The van der Waals surface area contributed by atoms with Gasteiger partial charge in [-0.3, -0.25) is 5.32 Å². The zero-order chi connectivity index (χ0) is 12.7. The molecular formula is C11H25NO4. The summed E-state index contributed by atoms with van der Waals surface area (Å²) in [6.07, 6.45) is 0. The lowest BCUT2D eigenvalue weighted by molar-refractivity contribution is -0.274. The molecule has 16 heavy (non-hydrogen) atoms. The monoisotopic (exact) mass is 235 g/mol. The zero-order valence-corrected chi connectivity index (χ0v) is 11.0. The van der Waals surface area contributed by atoms with Crippen LogP contribution in [0, 0.1) is 0 Å². The van der Waals surface area contributed by atoms with Gasteiger partial charge >= 0.3 is 0 Å². The number of ether oxygens (including phenoxy) is 3. The largest absolute Gasteiger partial charge is 0.394 e. The predicted octanol–water partition coefficient (Wildman–Crippen LogP) is 0.720. The standard InChI is InChI=1S/C11H25NO4/c1-6-16-11(14-5,9-15-8-7-13)12-10(2,3)4/h12-13H,6-9H2,1-5H3. The van der Waals surface area contributed by atoms with Gasteiger partial charge < -0.3 is 19.3 Å². The molecule has 0 radical (unpaired) electrons. The molecule has 1 atom stereocenters. The molecular weight excluding hydrogens is 210 g/mol. The van der Waals surface area contributed by atoms with Crippen molar-refractivity contribution in [2.45, 2.75) is 39.1 Å². The highest BCUT2D eigenvalue weighted by molar-refractivity contribution is 4.78. The highest BCUT2D eigenvalue weighted by Crippen LogP contribution is 2.15. The van der Waals surface area contributed by atoms with Crippen LogP contribution in [-0.2, 0) is 14.2 Å². The van der Waals surface area contributed by atoms with Crippen LogP contribution in [0.2, 0.25) is 0 Å². The van der Waals surface area contributed by atoms with Crippen molar-refractivity contribution in [3.05, 3.63) is 0 Å². The van der Waals surface area contributed by atoms with Crippen molar-refractivity contribution >= 4 is 0 Å². The maximum absolute atomic E-state index is 8.67. The Morgan fingerprint density at radius 2 is 1.88 bits per heavy atom. The third kappa shape index (κ3) is 6.40. The van der Waals surface area contributed by atoms with Crippen LogP contribution < -0.4 is 5.32 Å². The molecule has 98 valence electrons. The number of methoxy groups -OCH3 is 1. The summed E-state index contributed by atoms with van der Waals surface area (Å²) >= 11 is 0. The van der Waals surface area contributed by atoms with Crippen molar-refractivity contribution in [3.8, 4) is 0 Å². The van der Waals surface area contributed by atoms with Crippen molar-refractivity contribution in [1.82, 2.24) is 5.32 Å². The zero-order valence-electron chi connectivity index (χ0n) is 11.0. The molecule has 1 unspecified atom stereocenters. The van der Waals surface area contributed by atoms with Gasteiger partial charge in [-0.1, -0.05) is 0 Å². The van der Waals surface area contributed by atoms with E-state index in [2.05, 4.69) is 5.32 Å². The smallest absolute Gasteiger partial charge is 0.252 e. The van der Waals surface area contributed by atoms with Crippen molar-refractivity contribution < 1.29 is 19.3 Å². The van der Waals surface area contributed by atoms with E-state index in [1.54, 1.807) is 7.11 Å². The first-order valence-corrected chi connectivity index (χ1v) is 5.56. The van der Waals surface area contributed by atoms with Crippen LogP contribution in [0.25, 0.3) is 0 Å². The average Bonchev–Trinajstić information content (AvgIpc) is 2.16. The molecule has 0 bridgehead atoms. The quantitative estimate of drug-likeness (QED) is 0.479. The Kier molecular flexibility index (Phi) is 7.10. The third-order valence-corrected chi connectivity index (χ3v) is 1.80. The normalized spacial score (nSPS) is 16.1. The summed E-state index contributed by atoms with van der Waals surface area (Å²) in [5.41, 5.74) is -0.159. The SMILES string of the molecule is CCOC(COCCO)(NC(C)(C)C)OC. The summed E-state index contributed by atoms with van der Waals surface area (Å²) in [4.78, 5) is 0. The van der Waals surface area contributed by atoms with Gasteiger partial charge in [-0.15, -0.1) is 0 Å². The van der Waals surface area contributed by atoms with Gasteiger partial charge in [-0.2, -0.15) is 0 Å². The van der Waals surface area contributed by atoms with Crippen LogP contribution >= 0.6 is 0 Å². The van der Waals surface area contributed by atoms with E-state index in [-0.39, 0.29) is 25.4 Å². The molecule has 0 saturated carbocycles. The molecule has 0 amide bonds. The second-order valence-corrected chi connectivity index (χ2v) is 4.54. The molecule has 0 heterocycles. The number of hydrogen-bond donors (Lipinski definition) is 2. The van der Waals surface area contributed by atoms with Gasteiger partial charge in [0.2, 0.25) is 0 Å². The van der Waals surface area contributed by atoms with Gasteiger partial charge in [-0.05, 0) is 27.7 Å². The van der Waals surface area contributed by atoms with E-state index in [4.69, 9.17) is 19.3 Å². The maximum atomic E-state index is 8.67. The maximum Gasteiger partial charge on any atom is 0.252 e. The number of aliphatic hydroxyl groups is 1. The first kappa shape index (κ1) is 15.8. The highest BCUT2D eigenvalue weighted by Gasteiger charge is 2.35. The Morgan fingerprint density at radius 3 is 2.25 bits per heavy atom. The van der Waals surface area contributed by atoms with Crippen LogP contribution in [0.5, 0.6) is 0 Å². The summed E-state index contributed by atoms with van der Waals surface area (Å²) in [7, 11) is 1.57. The fourth-order valence-corrected chi connectivity index (χ4v) is 1.36. The van der Waals surface area contributed by atoms with Crippen molar-refractivity contribution in [2.75, 3.05) is 33.5 Å². The lowest BCUT2D eigenvalue weighted by Crippen LogP contribution is -2.59. The van der Waals surface area contributed by atoms with E-state index < -0.39 is 5.91 Å². The molecule has 0 aliphatic heterocycles. The minimum Gasteiger partial charge on any atom is -0.394 e. The molecule has 0 saturated heterocycles. The molecule has 0 aromatic carbocycles. The fraction of sp³-hybridized carbons (Fsp3) is 1.00. The average molecular weight is 235 g/mol. The number of hydrogen-bond acceptors (Lipinski definition) is 5. The predicted molar refractivity (Wildman–Crippen MR) is 62.2 cm³/mol. The van der Waals surface area contributed by atoms with Crippen LogP contribution in [0.4, 0.5) is 0 Å². The number of aliphatic hydroxyl groups excluding tert-OH is 1. The van der Waals surface area contributed by atoms with Crippen molar-refractivity contribution in [1.29, 1.82) is 0 Å². The Bertz CT molecular complexity index is 181. The summed E-state index contributed by atoms with van der Waals surface area (Å²) in [5, 5.41) is 11.9. The number of nitrogens with one attached hydrogen (secondary N) is 1. The van der Waals surface area contributed by atoms with Gasteiger partial charge in [0.15, 0.2) is 0 Å². The first-order valence-electron chi connectivity index (χ1n) is 5.56. The molecule has 0 aliphatic rings. The molecule has 0 aromatic heterocycles. The summed E-state index contributed by atoms with van der Waals surface area (Å²) in [6.45, 7) is 8.95. The van der Waals surface area contributed by atoms with Gasteiger partial charge in [0.05, 0.1) is 13.2 Å². The molecule has 2 N–H and O–H groups in total. The van der Waals surface area contributed by atoms with E-state index >= 15 is 0 Å². The van der Waals surface area contributed by atoms with Gasteiger partial charge in [0.25, 0.3) is 5.91 Å². The van der Waals surface area contributed by atoms with Gasteiger partial charge in [0, 0.05) is 19.3 Å². The van der Waals surface area contributed by atoms with Crippen LogP contribution in [0.15, 0.2) is 0 Å². The molecule has 0 rings (SSSR count). The van der Waals surface area contributed by atoms with E-state index in [9.17, 15) is 0 Å². The van der Waals surface area contributed by atoms with E-state index in [1.165, 1.54) is 0 Å². The Morgan fingerprint density at radius 1 is 1.25 bits per heavy atom. The van der Waals surface area contributed by atoms with Gasteiger partial charge in [0.1, 0.15) is 6.61 Å². The minimum atomic E-state index is -0.956. The molecule has 0 spiro atoms.